The fourth-order valence-corrected chi connectivity index (χ4v) is 1.86. The third-order valence-corrected chi connectivity index (χ3v) is 2.97. The molecule has 0 bridgehead atoms. The highest BCUT2D eigenvalue weighted by Gasteiger charge is 2.11. The molecule has 2 rings (SSSR count). The van der Waals surface area contributed by atoms with Crippen LogP contribution < -0.4 is 16.6 Å². The van der Waals surface area contributed by atoms with E-state index >= 15 is 0 Å². The van der Waals surface area contributed by atoms with E-state index in [0.29, 0.717) is 16.9 Å². The lowest BCUT2D eigenvalue weighted by Gasteiger charge is -2.11. The molecule has 20 heavy (non-hydrogen) atoms. The van der Waals surface area contributed by atoms with Gasteiger partial charge in [0.05, 0.1) is 17.9 Å². The number of nitrogens with one attached hydrogen (secondary N) is 2. The Morgan fingerprint density at radius 2 is 1.90 bits per heavy atom. The monoisotopic (exact) mass is 271 g/mol. The maximum Gasteiger partial charge on any atom is 0.257 e. The number of nitrogen functional groups attached to an aromatic ring is 1. The number of aliphatic hydroxyl groups is 1. The van der Waals surface area contributed by atoms with Crippen LogP contribution in [0.15, 0.2) is 42.5 Å². The van der Waals surface area contributed by atoms with Crippen molar-refractivity contribution in [3.63, 3.8) is 0 Å². The number of aryl methyl sites for hydroxylation is 1. The van der Waals surface area contributed by atoms with Crippen molar-refractivity contribution in [1.82, 2.24) is 0 Å². The quantitative estimate of drug-likeness (QED) is 0.506. The van der Waals surface area contributed by atoms with Gasteiger partial charge in [0.15, 0.2) is 0 Å². The van der Waals surface area contributed by atoms with Crippen LogP contribution >= 0.6 is 0 Å². The van der Waals surface area contributed by atoms with Crippen molar-refractivity contribution in [2.24, 2.45) is 5.84 Å². The van der Waals surface area contributed by atoms with Gasteiger partial charge in [0.1, 0.15) is 0 Å². The third kappa shape index (κ3) is 3.14. The van der Waals surface area contributed by atoms with E-state index < -0.39 is 0 Å². The second kappa shape index (κ2) is 6.18. The van der Waals surface area contributed by atoms with Gasteiger partial charge in [0.2, 0.25) is 0 Å². The topological polar surface area (TPSA) is 87.4 Å². The minimum absolute atomic E-state index is 0.0205. The van der Waals surface area contributed by atoms with Crippen molar-refractivity contribution in [2.45, 2.75) is 13.5 Å². The minimum Gasteiger partial charge on any atom is -0.392 e. The molecule has 104 valence electrons. The normalized spacial score (nSPS) is 10.2. The molecule has 0 saturated carbocycles. The Kier molecular flexibility index (Phi) is 4.34. The van der Waals surface area contributed by atoms with E-state index in [1.165, 1.54) is 0 Å². The molecular weight excluding hydrogens is 254 g/mol. The number of hydrogen-bond donors (Lipinski definition) is 4. The SMILES string of the molecule is Cc1ccc(NN)c(C(=O)Nc2ccc(CO)cc2)c1. The Balaban J connectivity index is 2.20. The molecule has 2 aromatic carbocycles. The lowest BCUT2D eigenvalue weighted by atomic mass is 10.1. The molecule has 5 nitrogen and oxygen atoms in total. The lowest BCUT2D eigenvalue weighted by Crippen LogP contribution is -2.17. The summed E-state index contributed by atoms with van der Waals surface area (Å²) in [6.07, 6.45) is 0. The molecule has 0 radical (unpaired) electrons. The first-order valence-corrected chi connectivity index (χ1v) is 6.22. The lowest BCUT2D eigenvalue weighted by molar-refractivity contribution is 0.102. The summed E-state index contributed by atoms with van der Waals surface area (Å²) in [4.78, 5) is 12.2. The Morgan fingerprint density at radius 3 is 2.50 bits per heavy atom. The second-order valence-electron chi connectivity index (χ2n) is 4.50. The summed E-state index contributed by atoms with van der Waals surface area (Å²) in [6, 6.07) is 12.4. The van der Waals surface area contributed by atoms with E-state index in [9.17, 15) is 4.79 Å². The number of carbonyl (C=O) groups is 1. The predicted octanol–water partition coefficient (Wildman–Crippen LogP) is 2.03. The van der Waals surface area contributed by atoms with Crippen molar-refractivity contribution in [2.75, 3.05) is 10.7 Å². The minimum atomic E-state index is -0.238. The standard InChI is InChI=1S/C15H17N3O2/c1-10-2-7-14(18-16)13(8-10)15(20)17-12-5-3-11(9-19)4-6-12/h2-8,18-19H,9,16H2,1H3,(H,17,20). The summed E-state index contributed by atoms with van der Waals surface area (Å²) >= 11 is 0. The molecule has 5 N–H and O–H groups in total. The summed E-state index contributed by atoms with van der Waals surface area (Å²) in [5.41, 5.74) is 6.00. The summed E-state index contributed by atoms with van der Waals surface area (Å²) in [5, 5.41) is 11.8. The van der Waals surface area contributed by atoms with Crippen LogP contribution in [0.2, 0.25) is 0 Å². The second-order valence-corrected chi connectivity index (χ2v) is 4.50. The number of hydrogen-bond acceptors (Lipinski definition) is 4. The van der Waals surface area contributed by atoms with Crippen LogP contribution in [0.25, 0.3) is 0 Å². The van der Waals surface area contributed by atoms with Crippen LogP contribution in [-0.4, -0.2) is 11.0 Å². The molecule has 0 aromatic heterocycles. The Bertz CT molecular complexity index is 609. The fourth-order valence-electron chi connectivity index (χ4n) is 1.86. The van der Waals surface area contributed by atoms with Gasteiger partial charge in [-0.05, 0) is 36.8 Å². The van der Waals surface area contributed by atoms with Crippen molar-refractivity contribution in [3.05, 3.63) is 59.2 Å². The number of amides is 1. The van der Waals surface area contributed by atoms with Crippen molar-refractivity contribution >= 4 is 17.3 Å². The Labute approximate surface area is 117 Å². The molecular formula is C15H17N3O2. The average molecular weight is 271 g/mol. The highest BCUT2D eigenvalue weighted by atomic mass is 16.3. The smallest absolute Gasteiger partial charge is 0.257 e. The zero-order valence-electron chi connectivity index (χ0n) is 11.2. The van der Waals surface area contributed by atoms with Gasteiger partial charge in [0.25, 0.3) is 5.91 Å². The van der Waals surface area contributed by atoms with E-state index in [2.05, 4.69) is 10.7 Å². The van der Waals surface area contributed by atoms with E-state index in [0.717, 1.165) is 11.1 Å². The first-order valence-electron chi connectivity index (χ1n) is 6.22. The van der Waals surface area contributed by atoms with E-state index in [4.69, 9.17) is 10.9 Å². The predicted molar refractivity (Wildman–Crippen MR) is 79.3 cm³/mol. The van der Waals surface area contributed by atoms with Gasteiger partial charge in [-0.1, -0.05) is 23.8 Å². The molecule has 0 aliphatic heterocycles. The number of nitrogens with two attached hydrogens (primary N) is 1. The Hall–Kier alpha value is -2.37. The third-order valence-electron chi connectivity index (χ3n) is 2.97. The molecule has 0 heterocycles. The first kappa shape index (κ1) is 14.0. The fraction of sp³-hybridized carbons (Fsp3) is 0.133. The maximum atomic E-state index is 12.2. The van der Waals surface area contributed by atoms with Crippen LogP contribution in [0, 0.1) is 6.92 Å². The highest BCUT2D eigenvalue weighted by molar-refractivity contribution is 6.08. The highest BCUT2D eigenvalue weighted by Crippen LogP contribution is 2.18. The van der Waals surface area contributed by atoms with Gasteiger partial charge in [0, 0.05) is 5.69 Å². The average Bonchev–Trinajstić information content (AvgIpc) is 2.48. The van der Waals surface area contributed by atoms with Crippen LogP contribution in [0.1, 0.15) is 21.5 Å². The molecule has 5 heteroatoms. The first-order chi connectivity index (χ1) is 9.63. The zero-order chi connectivity index (χ0) is 14.5. The van der Waals surface area contributed by atoms with E-state index in [1.807, 2.05) is 13.0 Å². The van der Waals surface area contributed by atoms with Gasteiger partial charge in [-0.3, -0.25) is 10.6 Å². The number of anilines is 2. The number of hydrazine groups is 1. The van der Waals surface area contributed by atoms with Gasteiger partial charge < -0.3 is 15.8 Å². The molecule has 2 aromatic rings. The molecule has 0 unspecified atom stereocenters. The molecule has 0 spiro atoms. The summed E-state index contributed by atoms with van der Waals surface area (Å²) in [6.45, 7) is 1.89. The van der Waals surface area contributed by atoms with E-state index in [1.54, 1.807) is 36.4 Å². The number of benzene rings is 2. The van der Waals surface area contributed by atoms with Gasteiger partial charge in [-0.15, -0.1) is 0 Å². The van der Waals surface area contributed by atoms with Crippen LogP contribution in [-0.2, 0) is 6.61 Å². The van der Waals surface area contributed by atoms with E-state index in [-0.39, 0.29) is 12.5 Å². The number of aliphatic hydroxyl groups excluding tert-OH is 1. The zero-order valence-corrected chi connectivity index (χ0v) is 11.2. The Morgan fingerprint density at radius 1 is 1.20 bits per heavy atom. The molecule has 0 fully saturated rings. The van der Waals surface area contributed by atoms with Crippen LogP contribution in [0.4, 0.5) is 11.4 Å². The van der Waals surface area contributed by atoms with Crippen LogP contribution in [0.3, 0.4) is 0 Å². The molecule has 0 aliphatic carbocycles. The molecule has 0 atom stereocenters. The number of rotatable bonds is 4. The molecule has 1 amide bonds. The summed E-state index contributed by atoms with van der Waals surface area (Å²) < 4.78 is 0. The van der Waals surface area contributed by atoms with Crippen molar-refractivity contribution in [1.29, 1.82) is 0 Å². The summed E-state index contributed by atoms with van der Waals surface area (Å²) in [5.74, 6) is 5.17. The van der Waals surface area contributed by atoms with Crippen molar-refractivity contribution < 1.29 is 9.90 Å². The number of carbonyl (C=O) groups excluding carboxylic acids is 1. The summed E-state index contributed by atoms with van der Waals surface area (Å²) in [7, 11) is 0. The van der Waals surface area contributed by atoms with Crippen molar-refractivity contribution in [3.8, 4) is 0 Å². The van der Waals surface area contributed by atoms with Crippen LogP contribution in [0.5, 0.6) is 0 Å². The molecule has 0 saturated heterocycles. The largest absolute Gasteiger partial charge is 0.392 e. The maximum absolute atomic E-state index is 12.2. The van der Waals surface area contributed by atoms with Gasteiger partial charge >= 0.3 is 0 Å². The van der Waals surface area contributed by atoms with Gasteiger partial charge in [-0.25, -0.2) is 0 Å². The van der Waals surface area contributed by atoms with Gasteiger partial charge in [-0.2, -0.15) is 0 Å². The molecule has 0 aliphatic rings.